The topological polar surface area (TPSA) is 34.9 Å². The smallest absolute Gasteiger partial charge is 0.183 e. The van der Waals surface area contributed by atoms with Crippen LogP contribution < -0.4 is 0 Å². The lowest BCUT2D eigenvalue weighted by Gasteiger charge is -2.57. The zero-order valence-corrected chi connectivity index (χ0v) is 21.0. The number of hydrogen-bond acceptors (Lipinski definition) is 2. The molecule has 1 unspecified atom stereocenters. The van der Waals surface area contributed by atoms with Crippen LogP contribution in [0, 0.1) is 29.0 Å². The van der Waals surface area contributed by atoms with Crippen LogP contribution in [0.15, 0.2) is 54.6 Å². The van der Waals surface area contributed by atoms with E-state index in [0.717, 1.165) is 60.4 Å². The van der Waals surface area contributed by atoms with E-state index in [2.05, 4.69) is 24.3 Å². The Labute approximate surface area is 213 Å². The predicted octanol–water partition coefficient (Wildman–Crippen LogP) is 7.66. The summed E-state index contributed by atoms with van der Waals surface area (Å²) in [7, 11) is 0. The lowest BCUT2D eigenvalue weighted by Crippen LogP contribution is -2.46. The third-order valence-electron chi connectivity index (χ3n) is 9.86. The summed E-state index contributed by atoms with van der Waals surface area (Å²) in [4.78, 5) is 13.8. The molecule has 0 spiro atoms. The van der Waals surface area contributed by atoms with Gasteiger partial charge in [0, 0.05) is 17.9 Å². The molecule has 1 aromatic heterocycles. The number of aromatic nitrogens is 2. The normalized spacial score (nSPS) is 30.4. The number of nitrogens with zero attached hydrogens (tertiary/aromatic N) is 2. The third-order valence-corrected chi connectivity index (χ3v) is 9.86. The fraction of sp³-hybridized carbons (Fsp3) is 0.500. The van der Waals surface area contributed by atoms with Crippen LogP contribution in [0.1, 0.15) is 97.4 Å². The monoisotopic (exact) mass is 482 g/mol. The van der Waals surface area contributed by atoms with Gasteiger partial charge in [-0.3, -0.25) is 4.79 Å². The van der Waals surface area contributed by atoms with Crippen molar-refractivity contribution in [1.29, 1.82) is 0 Å². The summed E-state index contributed by atoms with van der Waals surface area (Å²) in [6.45, 7) is 0. The second kappa shape index (κ2) is 8.68. The van der Waals surface area contributed by atoms with Gasteiger partial charge in [0.05, 0.1) is 11.4 Å². The van der Waals surface area contributed by atoms with Crippen molar-refractivity contribution < 1.29 is 9.18 Å². The lowest BCUT2D eigenvalue weighted by atomic mass is 9.48. The summed E-state index contributed by atoms with van der Waals surface area (Å²) in [5.74, 6) is 2.86. The van der Waals surface area contributed by atoms with Crippen LogP contribution in [0.2, 0.25) is 0 Å². The molecule has 36 heavy (non-hydrogen) atoms. The molecule has 8 rings (SSSR count). The van der Waals surface area contributed by atoms with E-state index in [1.807, 2.05) is 10.7 Å². The molecule has 1 heterocycles. The van der Waals surface area contributed by atoms with E-state index in [4.69, 9.17) is 5.10 Å². The van der Waals surface area contributed by atoms with E-state index in [0.29, 0.717) is 17.5 Å². The molecule has 186 valence electrons. The number of carbonyl (C=O) groups excluding carboxylic acids is 1. The Kier molecular flexibility index (Phi) is 5.41. The number of Topliss-reactive ketones (excluding diaryl/α,β-unsaturated/α-hetero) is 1. The van der Waals surface area contributed by atoms with Crippen LogP contribution in [-0.4, -0.2) is 15.6 Å². The Hall–Kier alpha value is -2.75. The number of ketones is 1. The fourth-order valence-corrected chi connectivity index (χ4v) is 8.79. The Morgan fingerprint density at radius 1 is 0.944 bits per heavy atom. The number of benzene rings is 2. The van der Waals surface area contributed by atoms with Crippen molar-refractivity contribution in [3.05, 3.63) is 82.9 Å². The average molecular weight is 483 g/mol. The first-order valence-corrected chi connectivity index (χ1v) is 14.0. The molecule has 4 heteroatoms. The Morgan fingerprint density at radius 3 is 2.28 bits per heavy atom. The number of rotatable bonds is 6. The maximum atomic E-state index is 13.8. The van der Waals surface area contributed by atoms with Gasteiger partial charge in [-0.25, -0.2) is 9.07 Å². The molecule has 4 fully saturated rings. The molecule has 0 amide bonds. The van der Waals surface area contributed by atoms with Gasteiger partial charge in [0.15, 0.2) is 5.78 Å². The zero-order valence-electron chi connectivity index (χ0n) is 21.0. The van der Waals surface area contributed by atoms with Gasteiger partial charge in [0.2, 0.25) is 0 Å². The maximum absolute atomic E-state index is 13.8. The highest BCUT2D eigenvalue weighted by molar-refractivity contribution is 5.96. The molecule has 3 nitrogen and oxygen atoms in total. The van der Waals surface area contributed by atoms with Crippen molar-refractivity contribution >= 4 is 5.78 Å². The van der Waals surface area contributed by atoms with Crippen LogP contribution in [0.25, 0.3) is 5.69 Å². The van der Waals surface area contributed by atoms with E-state index in [1.54, 1.807) is 12.1 Å². The Balaban J connectivity index is 1.23. The maximum Gasteiger partial charge on any atom is 0.183 e. The van der Waals surface area contributed by atoms with Crippen LogP contribution in [0.5, 0.6) is 0 Å². The summed E-state index contributed by atoms with van der Waals surface area (Å²) in [5.41, 5.74) is 5.40. The van der Waals surface area contributed by atoms with Crippen molar-refractivity contribution in [2.24, 2.45) is 23.2 Å². The molecule has 4 bridgehead atoms. The minimum absolute atomic E-state index is 0.192. The van der Waals surface area contributed by atoms with Crippen LogP contribution >= 0.6 is 0 Å². The van der Waals surface area contributed by atoms with E-state index in [1.165, 1.54) is 56.2 Å². The molecule has 4 saturated carbocycles. The Bertz CT molecular complexity index is 1240. The van der Waals surface area contributed by atoms with Gasteiger partial charge in [-0.2, -0.15) is 5.10 Å². The highest BCUT2D eigenvalue weighted by Gasteiger charge is 2.50. The number of halogens is 1. The third kappa shape index (κ3) is 3.84. The van der Waals surface area contributed by atoms with Gasteiger partial charge in [-0.05, 0) is 117 Å². The largest absolute Gasteiger partial charge is 0.292 e. The second-order valence-corrected chi connectivity index (χ2v) is 12.3. The zero-order chi connectivity index (χ0) is 24.3. The minimum Gasteiger partial charge on any atom is -0.292 e. The molecular formula is C32H35FN2O. The average Bonchev–Trinajstić information content (AvgIpc) is 3.28. The van der Waals surface area contributed by atoms with Crippen LogP contribution in [-0.2, 0) is 6.42 Å². The van der Waals surface area contributed by atoms with Crippen molar-refractivity contribution in [3.8, 4) is 5.69 Å². The van der Waals surface area contributed by atoms with Crippen molar-refractivity contribution in [3.63, 3.8) is 0 Å². The minimum atomic E-state index is -0.258. The van der Waals surface area contributed by atoms with E-state index in [9.17, 15) is 9.18 Å². The first-order chi connectivity index (χ1) is 17.6. The number of hydrogen-bond donors (Lipinski definition) is 0. The standard InChI is InChI=1S/C32H35FN2O/c33-25-9-11-26(12-10-25)35-31-27(24-5-2-1-3-6-24)7-4-8-28(31)30(34-35)29(36)13-14-32-18-21-15-22(19-32)17-23(16-21)20-32/h1-3,5-6,9-12,21-23,27H,4,7-8,13-20H2. The van der Waals surface area contributed by atoms with Gasteiger partial charge in [0.1, 0.15) is 11.5 Å². The molecule has 5 aliphatic rings. The van der Waals surface area contributed by atoms with E-state index in [-0.39, 0.29) is 17.5 Å². The molecule has 1 atom stereocenters. The molecule has 0 radical (unpaired) electrons. The molecule has 0 saturated heterocycles. The van der Waals surface area contributed by atoms with Crippen LogP contribution in [0.3, 0.4) is 0 Å². The van der Waals surface area contributed by atoms with Gasteiger partial charge in [0.25, 0.3) is 0 Å². The van der Waals surface area contributed by atoms with E-state index >= 15 is 0 Å². The summed E-state index contributed by atoms with van der Waals surface area (Å²) < 4.78 is 15.7. The summed E-state index contributed by atoms with van der Waals surface area (Å²) >= 11 is 0. The van der Waals surface area contributed by atoms with Gasteiger partial charge >= 0.3 is 0 Å². The van der Waals surface area contributed by atoms with Gasteiger partial charge in [-0.1, -0.05) is 30.3 Å². The molecule has 2 aromatic carbocycles. The van der Waals surface area contributed by atoms with Crippen molar-refractivity contribution in [1.82, 2.24) is 9.78 Å². The van der Waals surface area contributed by atoms with Crippen molar-refractivity contribution in [2.75, 3.05) is 0 Å². The molecule has 3 aromatic rings. The Morgan fingerprint density at radius 2 is 1.61 bits per heavy atom. The molecular weight excluding hydrogens is 447 g/mol. The lowest BCUT2D eigenvalue weighted by molar-refractivity contribution is -0.0570. The quantitative estimate of drug-likeness (QED) is 0.338. The van der Waals surface area contributed by atoms with Crippen LogP contribution in [0.4, 0.5) is 4.39 Å². The summed E-state index contributed by atoms with van der Waals surface area (Å²) in [6.07, 6.45) is 12.9. The first-order valence-electron chi connectivity index (χ1n) is 14.0. The van der Waals surface area contributed by atoms with Gasteiger partial charge < -0.3 is 0 Å². The summed E-state index contributed by atoms with van der Waals surface area (Å²) in [5, 5.41) is 4.98. The van der Waals surface area contributed by atoms with Crippen molar-refractivity contribution in [2.45, 2.75) is 76.5 Å². The highest BCUT2D eigenvalue weighted by Crippen LogP contribution is 2.61. The first kappa shape index (κ1) is 22.4. The fourth-order valence-electron chi connectivity index (χ4n) is 8.79. The second-order valence-electron chi connectivity index (χ2n) is 12.3. The SMILES string of the molecule is O=C(CCC12CC3CC(CC(C3)C1)C2)c1nn(-c2ccc(F)cc2)c2c1CCCC2c1ccccc1. The highest BCUT2D eigenvalue weighted by atomic mass is 19.1. The van der Waals surface area contributed by atoms with Gasteiger partial charge in [-0.15, -0.1) is 0 Å². The summed E-state index contributed by atoms with van der Waals surface area (Å²) in [6, 6.07) is 17.1. The molecule has 5 aliphatic carbocycles. The molecule has 0 N–H and O–H groups in total. The number of fused-ring (bicyclic) bond motifs is 1. The van der Waals surface area contributed by atoms with E-state index < -0.39 is 0 Å². The predicted molar refractivity (Wildman–Crippen MR) is 139 cm³/mol. The number of carbonyl (C=O) groups is 1. The molecule has 0 aliphatic heterocycles.